The van der Waals surface area contributed by atoms with Gasteiger partial charge < -0.3 is 10.2 Å². The monoisotopic (exact) mass is 378 g/mol. The van der Waals surface area contributed by atoms with Gasteiger partial charge in [-0.05, 0) is 53.5 Å². The van der Waals surface area contributed by atoms with Gasteiger partial charge in [0.05, 0.1) is 12.2 Å². The van der Waals surface area contributed by atoms with Crippen LogP contribution in [0, 0.1) is 0 Å². The molecule has 0 bridgehead atoms. The number of fused-ring (bicyclic) bond motifs is 3. The van der Waals surface area contributed by atoms with Crippen LogP contribution >= 0.6 is 0 Å². The van der Waals surface area contributed by atoms with E-state index in [-0.39, 0.29) is 18.2 Å². The van der Waals surface area contributed by atoms with Crippen LogP contribution in [0.2, 0.25) is 0 Å². The van der Waals surface area contributed by atoms with Gasteiger partial charge in [0, 0.05) is 38.8 Å². The lowest BCUT2D eigenvalue weighted by atomic mass is 9.96. The summed E-state index contributed by atoms with van der Waals surface area (Å²) in [5.41, 5.74) is 6.97. The van der Waals surface area contributed by atoms with E-state index in [9.17, 15) is 10.2 Å². The molecule has 2 aromatic rings. The fourth-order valence-electron chi connectivity index (χ4n) is 5.33. The molecule has 4 heteroatoms. The minimum absolute atomic E-state index is 0.153. The fourth-order valence-corrected chi connectivity index (χ4v) is 5.33. The summed E-state index contributed by atoms with van der Waals surface area (Å²) >= 11 is 0. The Kier molecular flexibility index (Phi) is 4.97. The lowest BCUT2D eigenvalue weighted by Crippen LogP contribution is -2.55. The molecule has 2 aromatic carbocycles. The van der Waals surface area contributed by atoms with Gasteiger partial charge in [0.25, 0.3) is 0 Å². The maximum absolute atomic E-state index is 10.8. The van der Waals surface area contributed by atoms with E-state index in [2.05, 4.69) is 52.3 Å². The molecule has 5 rings (SSSR count). The molecule has 3 aliphatic rings. The largest absolute Gasteiger partial charge is 0.393 e. The standard InChI is InChI=1S/C24H30N2O2/c27-20-7-11-26(12-8-20)23-9-10-25(16-24(23)28)15-17-5-6-22-19(13-17)14-18-3-1-2-4-21(18)22/h1-6,13,20,23-24,27-28H,7-12,14-16H2/t23-,24-/m1/s1. The van der Waals surface area contributed by atoms with Crippen molar-refractivity contribution >= 4 is 0 Å². The zero-order chi connectivity index (χ0) is 19.1. The molecular weight excluding hydrogens is 348 g/mol. The number of aliphatic hydroxyl groups excluding tert-OH is 2. The summed E-state index contributed by atoms with van der Waals surface area (Å²) in [6, 6.07) is 15.8. The van der Waals surface area contributed by atoms with E-state index in [0.29, 0.717) is 0 Å². The summed E-state index contributed by atoms with van der Waals surface area (Å²) in [6.07, 6.45) is 3.26. The first-order valence-electron chi connectivity index (χ1n) is 10.7. The lowest BCUT2D eigenvalue weighted by Gasteiger charge is -2.43. The van der Waals surface area contributed by atoms with Crippen LogP contribution in [-0.4, -0.2) is 64.4 Å². The highest BCUT2D eigenvalue weighted by Crippen LogP contribution is 2.37. The minimum atomic E-state index is -0.303. The van der Waals surface area contributed by atoms with Gasteiger partial charge in [0.15, 0.2) is 0 Å². The molecule has 148 valence electrons. The molecule has 0 saturated carbocycles. The van der Waals surface area contributed by atoms with E-state index in [0.717, 1.165) is 58.4 Å². The number of hydrogen-bond donors (Lipinski definition) is 2. The summed E-state index contributed by atoms with van der Waals surface area (Å²) in [6.45, 7) is 4.49. The molecular formula is C24H30N2O2. The maximum Gasteiger partial charge on any atom is 0.0822 e. The van der Waals surface area contributed by atoms with Crippen molar-refractivity contribution in [2.75, 3.05) is 26.2 Å². The molecule has 0 radical (unpaired) electrons. The van der Waals surface area contributed by atoms with E-state index in [1.807, 2.05) is 0 Å². The summed E-state index contributed by atoms with van der Waals surface area (Å²) in [5, 5.41) is 20.5. The van der Waals surface area contributed by atoms with Crippen LogP contribution in [0.15, 0.2) is 42.5 Å². The van der Waals surface area contributed by atoms with E-state index in [1.54, 1.807) is 0 Å². The van der Waals surface area contributed by atoms with Crippen LogP contribution in [0.25, 0.3) is 11.1 Å². The lowest BCUT2D eigenvalue weighted by molar-refractivity contribution is -0.0355. The molecule has 2 heterocycles. The number of rotatable bonds is 3. The summed E-state index contributed by atoms with van der Waals surface area (Å²) in [4.78, 5) is 4.78. The van der Waals surface area contributed by atoms with Crippen LogP contribution in [0.1, 0.15) is 36.0 Å². The molecule has 0 spiro atoms. The average molecular weight is 379 g/mol. The first-order valence-corrected chi connectivity index (χ1v) is 10.7. The first-order chi connectivity index (χ1) is 13.7. The number of piperidine rings is 2. The molecule has 4 nitrogen and oxygen atoms in total. The van der Waals surface area contributed by atoms with Gasteiger partial charge in [-0.15, -0.1) is 0 Å². The highest BCUT2D eigenvalue weighted by atomic mass is 16.3. The second-order valence-electron chi connectivity index (χ2n) is 8.75. The normalized spacial score (nSPS) is 26.2. The molecule has 2 atom stereocenters. The predicted octanol–water partition coefficient (Wildman–Crippen LogP) is 2.65. The predicted molar refractivity (Wildman–Crippen MR) is 111 cm³/mol. The summed E-state index contributed by atoms with van der Waals surface area (Å²) in [7, 11) is 0. The number of β-amino-alcohol motifs (C(OH)–C–C–N with tert-alkyl or cyclic N) is 1. The number of aliphatic hydroxyl groups is 2. The average Bonchev–Trinajstić information content (AvgIpc) is 3.07. The molecule has 2 aliphatic heterocycles. The molecule has 0 amide bonds. The highest BCUT2D eigenvalue weighted by molar-refractivity contribution is 5.76. The van der Waals surface area contributed by atoms with Gasteiger partial charge in [0.2, 0.25) is 0 Å². The van der Waals surface area contributed by atoms with E-state index < -0.39 is 0 Å². The van der Waals surface area contributed by atoms with Crippen molar-refractivity contribution in [1.29, 1.82) is 0 Å². The van der Waals surface area contributed by atoms with Gasteiger partial charge >= 0.3 is 0 Å². The smallest absolute Gasteiger partial charge is 0.0822 e. The van der Waals surface area contributed by atoms with Crippen molar-refractivity contribution < 1.29 is 10.2 Å². The van der Waals surface area contributed by atoms with Crippen molar-refractivity contribution in [3.05, 3.63) is 59.2 Å². The zero-order valence-corrected chi connectivity index (χ0v) is 16.4. The molecule has 0 aromatic heterocycles. The SMILES string of the molecule is OC1CCN([C@@H]2CCN(Cc3ccc4c(c3)Cc3ccccc3-4)C[C@H]2O)CC1. The molecule has 2 saturated heterocycles. The Labute approximate surface area is 167 Å². The Balaban J connectivity index is 1.22. The van der Waals surface area contributed by atoms with Gasteiger partial charge in [-0.2, -0.15) is 0 Å². The van der Waals surface area contributed by atoms with Crippen LogP contribution in [0.3, 0.4) is 0 Å². The highest BCUT2D eigenvalue weighted by Gasteiger charge is 2.33. The van der Waals surface area contributed by atoms with E-state index in [1.165, 1.54) is 27.8 Å². The van der Waals surface area contributed by atoms with E-state index >= 15 is 0 Å². The van der Waals surface area contributed by atoms with Crippen molar-refractivity contribution in [3.63, 3.8) is 0 Å². The minimum Gasteiger partial charge on any atom is -0.393 e. The van der Waals surface area contributed by atoms with Crippen LogP contribution in [0.4, 0.5) is 0 Å². The third kappa shape index (κ3) is 3.50. The first kappa shape index (κ1) is 18.3. The molecule has 2 N–H and O–H groups in total. The van der Waals surface area contributed by atoms with Crippen LogP contribution in [-0.2, 0) is 13.0 Å². The van der Waals surface area contributed by atoms with Gasteiger partial charge in [-0.3, -0.25) is 9.80 Å². The van der Waals surface area contributed by atoms with Crippen molar-refractivity contribution in [2.24, 2.45) is 0 Å². The Morgan fingerprint density at radius 3 is 2.46 bits per heavy atom. The number of benzene rings is 2. The quantitative estimate of drug-likeness (QED) is 0.736. The molecule has 28 heavy (non-hydrogen) atoms. The van der Waals surface area contributed by atoms with Crippen molar-refractivity contribution in [3.8, 4) is 11.1 Å². The number of hydrogen-bond acceptors (Lipinski definition) is 4. The Hall–Kier alpha value is -1.72. The summed E-state index contributed by atoms with van der Waals surface area (Å²) < 4.78 is 0. The van der Waals surface area contributed by atoms with E-state index in [4.69, 9.17) is 0 Å². The number of likely N-dealkylation sites (tertiary alicyclic amines) is 2. The van der Waals surface area contributed by atoms with Crippen molar-refractivity contribution in [2.45, 2.75) is 50.5 Å². The number of nitrogens with zero attached hydrogens (tertiary/aromatic N) is 2. The second kappa shape index (κ2) is 7.60. The maximum atomic E-state index is 10.8. The van der Waals surface area contributed by atoms with Gasteiger partial charge in [-0.1, -0.05) is 42.5 Å². The van der Waals surface area contributed by atoms with Crippen molar-refractivity contribution in [1.82, 2.24) is 9.80 Å². The Bertz CT molecular complexity index is 844. The molecule has 1 aliphatic carbocycles. The third-order valence-electron chi connectivity index (χ3n) is 6.86. The molecule has 0 unspecified atom stereocenters. The Morgan fingerprint density at radius 1 is 0.857 bits per heavy atom. The van der Waals surface area contributed by atoms with Crippen LogP contribution in [0.5, 0.6) is 0 Å². The third-order valence-corrected chi connectivity index (χ3v) is 6.86. The summed E-state index contributed by atoms with van der Waals surface area (Å²) in [5.74, 6) is 0. The topological polar surface area (TPSA) is 46.9 Å². The second-order valence-corrected chi connectivity index (χ2v) is 8.75. The Morgan fingerprint density at radius 2 is 1.64 bits per heavy atom. The molecule has 2 fully saturated rings. The fraction of sp³-hybridized carbons (Fsp3) is 0.500. The zero-order valence-electron chi connectivity index (χ0n) is 16.4. The van der Waals surface area contributed by atoms with Crippen LogP contribution < -0.4 is 0 Å². The van der Waals surface area contributed by atoms with Gasteiger partial charge in [0.1, 0.15) is 0 Å². The van der Waals surface area contributed by atoms with Gasteiger partial charge in [-0.25, -0.2) is 0 Å².